The lowest BCUT2D eigenvalue weighted by molar-refractivity contribution is 1.07. The van der Waals surface area contributed by atoms with Gasteiger partial charge in [-0.1, -0.05) is 182 Å². The molecule has 0 spiro atoms. The Balaban J connectivity index is 1.10. The third-order valence-corrected chi connectivity index (χ3v) is 10.2. The molecule has 4 heteroatoms. The minimum absolute atomic E-state index is 0.615. The fraction of sp³-hybridized carbons (Fsp3) is 0. The lowest BCUT2D eigenvalue weighted by atomic mass is 9.93. The monoisotopic (exact) mass is 688 g/mol. The van der Waals surface area contributed by atoms with Gasteiger partial charge >= 0.3 is 0 Å². The van der Waals surface area contributed by atoms with E-state index in [9.17, 15) is 0 Å². The first-order valence-corrected chi connectivity index (χ1v) is 18.1. The standard InChI is InChI=1S/C50H32N4/c1-3-11-33(12-4-1)34-19-23-38(24-20-34)48-52-49(54-50(53-48)45-18-10-9-17-42(45)35-13-5-2-6-14-35)39-25-21-37(22-26-39)46-32-51-31-40-28-29-43-41-16-8-7-15-36(41)27-30-44(43)47(40)46/h1-32H. The number of fused-ring (bicyclic) bond motifs is 5. The molecule has 252 valence electrons. The average molecular weight is 689 g/mol. The Hall–Kier alpha value is -7.30. The van der Waals surface area contributed by atoms with Crippen molar-refractivity contribution in [2.24, 2.45) is 0 Å². The molecule has 0 amide bonds. The first kappa shape index (κ1) is 31.4. The summed E-state index contributed by atoms with van der Waals surface area (Å²) in [6.45, 7) is 0. The van der Waals surface area contributed by atoms with Crippen molar-refractivity contribution in [2.45, 2.75) is 0 Å². The van der Waals surface area contributed by atoms with E-state index in [0.717, 1.165) is 49.9 Å². The highest BCUT2D eigenvalue weighted by molar-refractivity contribution is 6.20. The van der Waals surface area contributed by atoms with Gasteiger partial charge in [-0.05, 0) is 49.4 Å². The summed E-state index contributed by atoms with van der Waals surface area (Å²) in [5.74, 6) is 1.87. The summed E-state index contributed by atoms with van der Waals surface area (Å²) in [5.41, 5.74) is 9.44. The van der Waals surface area contributed by atoms with Gasteiger partial charge in [-0.15, -0.1) is 0 Å². The molecule has 0 aliphatic heterocycles. The van der Waals surface area contributed by atoms with Crippen LogP contribution in [0.15, 0.2) is 194 Å². The zero-order valence-electron chi connectivity index (χ0n) is 29.3. The molecular formula is C50H32N4. The number of pyridine rings is 1. The smallest absolute Gasteiger partial charge is 0.164 e. The molecule has 2 heterocycles. The van der Waals surface area contributed by atoms with Gasteiger partial charge in [0.15, 0.2) is 17.5 Å². The molecule has 0 saturated carbocycles. The molecule has 2 aromatic heterocycles. The predicted molar refractivity (Wildman–Crippen MR) is 223 cm³/mol. The first-order chi connectivity index (χ1) is 26.8. The van der Waals surface area contributed by atoms with E-state index in [0.29, 0.717) is 17.5 Å². The van der Waals surface area contributed by atoms with Gasteiger partial charge in [-0.25, -0.2) is 15.0 Å². The highest BCUT2D eigenvalue weighted by Gasteiger charge is 2.17. The van der Waals surface area contributed by atoms with E-state index in [2.05, 4.69) is 169 Å². The van der Waals surface area contributed by atoms with Crippen LogP contribution in [0.3, 0.4) is 0 Å². The van der Waals surface area contributed by atoms with E-state index in [1.807, 2.05) is 30.6 Å². The van der Waals surface area contributed by atoms with E-state index >= 15 is 0 Å². The van der Waals surface area contributed by atoms with Crippen LogP contribution in [0.1, 0.15) is 0 Å². The largest absolute Gasteiger partial charge is 0.263 e. The molecule has 4 nitrogen and oxygen atoms in total. The maximum absolute atomic E-state index is 5.14. The van der Waals surface area contributed by atoms with Crippen LogP contribution >= 0.6 is 0 Å². The quantitative estimate of drug-likeness (QED) is 0.163. The topological polar surface area (TPSA) is 51.6 Å². The van der Waals surface area contributed by atoms with Crippen molar-refractivity contribution >= 4 is 32.3 Å². The molecule has 0 atom stereocenters. The van der Waals surface area contributed by atoms with Crippen molar-refractivity contribution < 1.29 is 0 Å². The molecule has 0 unspecified atom stereocenters. The van der Waals surface area contributed by atoms with Crippen molar-refractivity contribution in [3.05, 3.63) is 194 Å². The molecule has 8 aromatic carbocycles. The van der Waals surface area contributed by atoms with Crippen LogP contribution in [-0.4, -0.2) is 19.9 Å². The second-order valence-corrected chi connectivity index (χ2v) is 13.5. The van der Waals surface area contributed by atoms with E-state index in [1.165, 1.54) is 32.5 Å². The van der Waals surface area contributed by atoms with Gasteiger partial charge < -0.3 is 0 Å². The summed E-state index contributed by atoms with van der Waals surface area (Å²) < 4.78 is 0. The van der Waals surface area contributed by atoms with Gasteiger partial charge in [0.05, 0.1) is 0 Å². The fourth-order valence-corrected chi connectivity index (χ4v) is 7.53. The third kappa shape index (κ3) is 5.67. The van der Waals surface area contributed by atoms with Crippen molar-refractivity contribution in [2.75, 3.05) is 0 Å². The molecule has 0 aliphatic rings. The highest BCUT2D eigenvalue weighted by Crippen LogP contribution is 2.38. The molecule has 0 fully saturated rings. The van der Waals surface area contributed by atoms with E-state index in [1.54, 1.807) is 0 Å². The maximum Gasteiger partial charge on any atom is 0.164 e. The van der Waals surface area contributed by atoms with Crippen LogP contribution in [0.5, 0.6) is 0 Å². The van der Waals surface area contributed by atoms with Crippen molar-refractivity contribution in [3.8, 4) is 67.5 Å². The second-order valence-electron chi connectivity index (χ2n) is 13.5. The number of rotatable bonds is 6. The number of hydrogen-bond donors (Lipinski definition) is 0. The molecule has 10 rings (SSSR count). The average Bonchev–Trinajstić information content (AvgIpc) is 3.26. The molecular weight excluding hydrogens is 657 g/mol. The summed E-state index contributed by atoms with van der Waals surface area (Å²) >= 11 is 0. The molecule has 54 heavy (non-hydrogen) atoms. The van der Waals surface area contributed by atoms with Crippen LogP contribution in [0.4, 0.5) is 0 Å². The van der Waals surface area contributed by atoms with Gasteiger partial charge in [0.2, 0.25) is 0 Å². The van der Waals surface area contributed by atoms with Crippen LogP contribution in [0, 0.1) is 0 Å². The number of hydrogen-bond acceptors (Lipinski definition) is 4. The van der Waals surface area contributed by atoms with E-state index in [-0.39, 0.29) is 0 Å². The zero-order valence-corrected chi connectivity index (χ0v) is 29.3. The van der Waals surface area contributed by atoms with E-state index < -0.39 is 0 Å². The summed E-state index contributed by atoms with van der Waals surface area (Å²) in [6, 6.07) is 63.5. The lowest BCUT2D eigenvalue weighted by Gasteiger charge is -2.13. The molecule has 0 N–H and O–H groups in total. The Bertz CT molecular complexity index is 2960. The van der Waals surface area contributed by atoms with Gasteiger partial charge in [-0.3, -0.25) is 4.98 Å². The number of aromatic nitrogens is 4. The predicted octanol–water partition coefficient (Wildman–Crippen LogP) is 12.7. The first-order valence-electron chi connectivity index (χ1n) is 18.1. The van der Waals surface area contributed by atoms with Crippen LogP contribution in [-0.2, 0) is 0 Å². The fourth-order valence-electron chi connectivity index (χ4n) is 7.53. The highest BCUT2D eigenvalue weighted by atomic mass is 15.0. The van der Waals surface area contributed by atoms with Gasteiger partial charge in [0, 0.05) is 45.4 Å². The number of nitrogens with zero attached hydrogens (tertiary/aromatic N) is 4. The molecule has 0 saturated heterocycles. The molecule has 0 aliphatic carbocycles. The van der Waals surface area contributed by atoms with Gasteiger partial charge in [0.25, 0.3) is 0 Å². The summed E-state index contributed by atoms with van der Waals surface area (Å²) in [7, 11) is 0. The minimum atomic E-state index is 0.615. The Kier molecular flexibility index (Phi) is 7.77. The van der Waals surface area contributed by atoms with Crippen molar-refractivity contribution in [1.82, 2.24) is 19.9 Å². The minimum Gasteiger partial charge on any atom is -0.263 e. The maximum atomic E-state index is 5.14. The van der Waals surface area contributed by atoms with Crippen molar-refractivity contribution in [3.63, 3.8) is 0 Å². The lowest BCUT2D eigenvalue weighted by Crippen LogP contribution is -2.01. The molecule has 0 radical (unpaired) electrons. The molecule has 0 bridgehead atoms. The second kappa shape index (κ2) is 13.4. The zero-order chi connectivity index (χ0) is 35.8. The van der Waals surface area contributed by atoms with Crippen LogP contribution in [0.2, 0.25) is 0 Å². The Labute approximate surface area is 313 Å². The van der Waals surface area contributed by atoms with Crippen LogP contribution < -0.4 is 0 Å². The van der Waals surface area contributed by atoms with E-state index in [4.69, 9.17) is 15.0 Å². The summed E-state index contributed by atoms with van der Waals surface area (Å²) in [5, 5.41) is 7.25. The summed E-state index contributed by atoms with van der Waals surface area (Å²) in [6.07, 6.45) is 3.93. The normalized spacial score (nSPS) is 11.3. The van der Waals surface area contributed by atoms with Crippen molar-refractivity contribution in [1.29, 1.82) is 0 Å². The Morgan fingerprint density at radius 3 is 1.48 bits per heavy atom. The Morgan fingerprint density at radius 2 is 0.759 bits per heavy atom. The Morgan fingerprint density at radius 1 is 0.259 bits per heavy atom. The van der Waals surface area contributed by atoms with Crippen LogP contribution in [0.25, 0.3) is 99.9 Å². The third-order valence-electron chi connectivity index (χ3n) is 10.2. The van der Waals surface area contributed by atoms with Gasteiger partial charge in [-0.2, -0.15) is 0 Å². The number of benzene rings is 8. The molecule has 10 aromatic rings. The SMILES string of the molecule is c1ccc(-c2ccc(-c3nc(-c4ccc(-c5cncc6ccc7c8ccccc8ccc7c56)cc4)nc(-c4ccccc4-c4ccccc4)n3)cc2)cc1. The summed E-state index contributed by atoms with van der Waals surface area (Å²) in [4.78, 5) is 20.0. The van der Waals surface area contributed by atoms with Gasteiger partial charge in [0.1, 0.15) is 0 Å².